The maximum Gasteiger partial charge on any atom is 0.128 e. The van der Waals surface area contributed by atoms with Crippen LogP contribution in [0.2, 0.25) is 0 Å². The highest BCUT2D eigenvalue weighted by Gasteiger charge is 2.53. The molecule has 0 radical (unpaired) electrons. The topological polar surface area (TPSA) is 30.7 Å². The van der Waals surface area contributed by atoms with Gasteiger partial charge in [0.05, 0.1) is 5.54 Å². The fourth-order valence-electron chi connectivity index (χ4n) is 5.67. The molecule has 1 heterocycles. The fraction of sp³-hybridized carbons (Fsp3) is 0.556. The normalized spacial score (nSPS) is 36.0. The van der Waals surface area contributed by atoms with Crippen LogP contribution in [-0.2, 0) is 5.54 Å². The largest absolute Gasteiger partial charge is 0.232 e. The van der Waals surface area contributed by atoms with Gasteiger partial charge >= 0.3 is 0 Å². The van der Waals surface area contributed by atoms with Crippen molar-refractivity contribution in [1.82, 2.24) is 15.0 Å². The molecule has 4 aliphatic carbocycles. The number of nitrogens with zero attached hydrogens (tertiary/aromatic N) is 3. The molecule has 0 aliphatic heterocycles. The standard InChI is InChI=1S/C18H20IN3/c19-17-16(15-4-2-1-3-5-15)20-21-22(17)18-9-12-6-13(10-18)8-14(7-12)11-18/h1-5,12-14H,6-11H2. The van der Waals surface area contributed by atoms with Gasteiger partial charge in [0, 0.05) is 5.56 Å². The number of benzene rings is 1. The molecule has 0 saturated heterocycles. The van der Waals surface area contributed by atoms with Crippen LogP contribution in [0.4, 0.5) is 0 Å². The summed E-state index contributed by atoms with van der Waals surface area (Å²) >= 11 is 2.47. The predicted octanol–water partition coefficient (Wildman–Crippen LogP) is 4.48. The van der Waals surface area contributed by atoms with E-state index >= 15 is 0 Å². The minimum absolute atomic E-state index is 0.269. The molecule has 114 valence electrons. The summed E-state index contributed by atoms with van der Waals surface area (Å²) in [6, 6.07) is 10.5. The van der Waals surface area contributed by atoms with Gasteiger partial charge in [0.15, 0.2) is 0 Å². The molecule has 22 heavy (non-hydrogen) atoms. The third-order valence-electron chi connectivity index (χ3n) is 6.12. The highest BCUT2D eigenvalue weighted by molar-refractivity contribution is 14.1. The highest BCUT2D eigenvalue weighted by Crippen LogP contribution is 2.59. The third-order valence-corrected chi connectivity index (χ3v) is 7.09. The Hall–Kier alpha value is -0.910. The Kier molecular flexibility index (Phi) is 2.94. The van der Waals surface area contributed by atoms with E-state index in [0.29, 0.717) is 0 Å². The first-order valence-corrected chi connectivity index (χ1v) is 9.48. The van der Waals surface area contributed by atoms with Crippen LogP contribution in [0.3, 0.4) is 0 Å². The molecule has 6 rings (SSSR count). The Balaban J connectivity index is 1.58. The van der Waals surface area contributed by atoms with E-state index in [-0.39, 0.29) is 5.54 Å². The van der Waals surface area contributed by atoms with Gasteiger partial charge in [0.2, 0.25) is 0 Å². The average molecular weight is 405 g/mol. The molecule has 1 aromatic heterocycles. The van der Waals surface area contributed by atoms with Crippen LogP contribution in [0, 0.1) is 21.5 Å². The van der Waals surface area contributed by atoms with Crippen LogP contribution in [0.25, 0.3) is 11.3 Å². The van der Waals surface area contributed by atoms with Crippen LogP contribution >= 0.6 is 22.6 Å². The summed E-state index contributed by atoms with van der Waals surface area (Å²) in [5, 5.41) is 9.19. The quantitative estimate of drug-likeness (QED) is 0.691. The molecule has 4 saturated carbocycles. The van der Waals surface area contributed by atoms with E-state index < -0.39 is 0 Å². The molecule has 3 nitrogen and oxygen atoms in total. The summed E-state index contributed by atoms with van der Waals surface area (Å²) in [7, 11) is 0. The molecule has 4 fully saturated rings. The molecule has 0 atom stereocenters. The number of halogens is 1. The Morgan fingerprint density at radius 1 is 0.955 bits per heavy atom. The van der Waals surface area contributed by atoms with Gasteiger partial charge in [0.1, 0.15) is 9.39 Å². The van der Waals surface area contributed by atoms with Crippen molar-refractivity contribution in [3.63, 3.8) is 0 Å². The lowest BCUT2D eigenvalue weighted by Crippen LogP contribution is -2.52. The Bertz CT molecular complexity index is 671. The number of aromatic nitrogens is 3. The molecule has 4 heteroatoms. The minimum Gasteiger partial charge on any atom is -0.232 e. The lowest BCUT2D eigenvalue weighted by atomic mass is 9.53. The van der Waals surface area contributed by atoms with Crippen molar-refractivity contribution in [2.45, 2.75) is 44.1 Å². The first-order chi connectivity index (χ1) is 10.7. The lowest BCUT2D eigenvalue weighted by Gasteiger charge is -2.56. The monoisotopic (exact) mass is 405 g/mol. The van der Waals surface area contributed by atoms with E-state index in [1.807, 2.05) is 0 Å². The van der Waals surface area contributed by atoms with Gasteiger partial charge in [-0.25, -0.2) is 4.68 Å². The van der Waals surface area contributed by atoms with E-state index in [9.17, 15) is 0 Å². The molecular formula is C18H20IN3. The summed E-state index contributed by atoms with van der Waals surface area (Å²) in [5.41, 5.74) is 2.51. The van der Waals surface area contributed by atoms with E-state index in [1.165, 1.54) is 47.8 Å². The van der Waals surface area contributed by atoms with Crippen molar-refractivity contribution in [2.24, 2.45) is 17.8 Å². The van der Waals surface area contributed by atoms with Gasteiger partial charge in [0.25, 0.3) is 0 Å². The molecule has 0 unspecified atom stereocenters. The number of rotatable bonds is 2. The average Bonchev–Trinajstić information content (AvgIpc) is 2.89. The first-order valence-electron chi connectivity index (χ1n) is 8.41. The zero-order chi connectivity index (χ0) is 14.7. The van der Waals surface area contributed by atoms with E-state index in [0.717, 1.165) is 23.4 Å². The molecule has 4 bridgehead atoms. The highest BCUT2D eigenvalue weighted by atomic mass is 127. The molecule has 0 N–H and O–H groups in total. The van der Waals surface area contributed by atoms with Crippen LogP contribution in [0.1, 0.15) is 38.5 Å². The van der Waals surface area contributed by atoms with Crippen molar-refractivity contribution in [1.29, 1.82) is 0 Å². The lowest BCUT2D eigenvalue weighted by molar-refractivity contribution is -0.0515. The summed E-state index contributed by atoms with van der Waals surface area (Å²) in [4.78, 5) is 0. The second kappa shape index (κ2) is 4.79. The van der Waals surface area contributed by atoms with Crippen molar-refractivity contribution in [2.75, 3.05) is 0 Å². The van der Waals surface area contributed by atoms with Gasteiger partial charge in [-0.05, 0) is 78.9 Å². The Labute approximate surface area is 144 Å². The molecule has 0 amide bonds. The molecule has 2 aromatic rings. The third kappa shape index (κ3) is 1.92. The van der Waals surface area contributed by atoms with Gasteiger partial charge in [-0.2, -0.15) is 0 Å². The smallest absolute Gasteiger partial charge is 0.128 e. The SMILES string of the molecule is Ic1c(-c2ccccc2)nnn1C12CC3CC(CC(C3)C1)C2. The van der Waals surface area contributed by atoms with E-state index in [1.54, 1.807) is 0 Å². The van der Waals surface area contributed by atoms with Crippen molar-refractivity contribution in [3.05, 3.63) is 34.0 Å². The molecule has 4 aliphatic rings. The van der Waals surface area contributed by atoms with Crippen LogP contribution in [-0.4, -0.2) is 15.0 Å². The summed E-state index contributed by atoms with van der Waals surface area (Å²) in [6.45, 7) is 0. The van der Waals surface area contributed by atoms with Crippen LogP contribution < -0.4 is 0 Å². The zero-order valence-electron chi connectivity index (χ0n) is 12.6. The summed E-state index contributed by atoms with van der Waals surface area (Å²) < 4.78 is 3.53. The first kappa shape index (κ1) is 13.5. The van der Waals surface area contributed by atoms with Crippen LogP contribution in [0.5, 0.6) is 0 Å². The van der Waals surface area contributed by atoms with Gasteiger partial charge < -0.3 is 0 Å². The second-order valence-corrected chi connectivity index (χ2v) is 8.67. The number of hydrogen-bond acceptors (Lipinski definition) is 2. The molecular weight excluding hydrogens is 385 g/mol. The van der Waals surface area contributed by atoms with Crippen molar-refractivity contribution in [3.8, 4) is 11.3 Å². The van der Waals surface area contributed by atoms with E-state index in [2.05, 4.69) is 67.9 Å². The van der Waals surface area contributed by atoms with Gasteiger partial charge in [-0.15, -0.1) is 5.10 Å². The van der Waals surface area contributed by atoms with Crippen LogP contribution in [0.15, 0.2) is 30.3 Å². The Morgan fingerprint density at radius 2 is 1.55 bits per heavy atom. The summed E-state index contributed by atoms with van der Waals surface area (Å²) in [6.07, 6.45) is 8.38. The minimum atomic E-state index is 0.269. The van der Waals surface area contributed by atoms with Gasteiger partial charge in [-0.1, -0.05) is 35.5 Å². The number of hydrogen-bond donors (Lipinski definition) is 0. The second-order valence-electron chi connectivity index (χ2n) is 7.65. The Morgan fingerprint density at radius 3 is 2.14 bits per heavy atom. The van der Waals surface area contributed by atoms with Gasteiger partial charge in [-0.3, -0.25) is 0 Å². The predicted molar refractivity (Wildman–Crippen MR) is 94.3 cm³/mol. The van der Waals surface area contributed by atoms with Crippen molar-refractivity contribution < 1.29 is 0 Å². The zero-order valence-corrected chi connectivity index (χ0v) is 14.7. The molecule has 1 aromatic carbocycles. The van der Waals surface area contributed by atoms with E-state index in [4.69, 9.17) is 0 Å². The molecule has 0 spiro atoms. The fourth-order valence-corrected chi connectivity index (χ4v) is 6.70. The van der Waals surface area contributed by atoms with Crippen molar-refractivity contribution >= 4 is 22.6 Å². The maximum atomic E-state index is 4.64. The maximum absolute atomic E-state index is 4.64. The summed E-state index contributed by atoms with van der Waals surface area (Å²) in [5.74, 6) is 2.81.